The van der Waals surface area contributed by atoms with E-state index in [4.69, 9.17) is 10.0 Å². The van der Waals surface area contributed by atoms with Crippen molar-refractivity contribution in [1.29, 1.82) is 0 Å². The Balaban J connectivity index is 2.40. The topological polar surface area (TPSA) is 102 Å². The molecule has 1 unspecified atom stereocenters. The summed E-state index contributed by atoms with van der Waals surface area (Å²) in [4.78, 5) is 11.8. The number of likely N-dealkylation sites (N-methyl/N-ethyl adjacent to an activating group) is 1. The monoisotopic (exact) mass is 364 g/mol. The van der Waals surface area contributed by atoms with Crippen molar-refractivity contribution in [3.63, 3.8) is 0 Å². The summed E-state index contributed by atoms with van der Waals surface area (Å²) in [5.74, 6) is -0.848. The lowest BCUT2D eigenvalue weighted by Gasteiger charge is -2.29. The van der Waals surface area contributed by atoms with Crippen LogP contribution in [0.4, 0.5) is 0 Å². The van der Waals surface area contributed by atoms with Crippen LogP contribution >= 0.6 is 0 Å². The van der Waals surface area contributed by atoms with Crippen LogP contribution in [0.2, 0.25) is 6.32 Å². The molecule has 0 aliphatic heterocycles. The molecule has 0 bridgehead atoms. The van der Waals surface area contributed by atoms with Gasteiger partial charge in [0, 0.05) is 6.54 Å². The first-order valence-corrected chi connectivity index (χ1v) is 9.36. The molecule has 0 aliphatic carbocycles. The molecular weight excluding hydrogens is 331 g/mol. The third-order valence-electron chi connectivity index (χ3n) is 5.06. The van der Waals surface area contributed by atoms with E-state index in [0.29, 0.717) is 25.7 Å². The number of hydrogen-bond acceptors (Lipinski definition) is 5. The van der Waals surface area contributed by atoms with E-state index in [-0.39, 0.29) is 6.32 Å². The number of carbonyl (C=O) groups is 1. The van der Waals surface area contributed by atoms with E-state index in [2.05, 4.69) is 42.7 Å². The van der Waals surface area contributed by atoms with Gasteiger partial charge in [0.1, 0.15) is 5.54 Å². The summed E-state index contributed by atoms with van der Waals surface area (Å²) in [6.07, 6.45) is 3.26. The number of hydrogen-bond donors (Lipinski definition) is 5. The van der Waals surface area contributed by atoms with Crippen LogP contribution in [0.3, 0.4) is 0 Å². The minimum absolute atomic E-state index is 0.275. The summed E-state index contributed by atoms with van der Waals surface area (Å²) in [7, 11) is 0.357. The third kappa shape index (κ3) is 7.46. The molecule has 26 heavy (non-hydrogen) atoms. The van der Waals surface area contributed by atoms with Crippen molar-refractivity contribution < 1.29 is 19.9 Å². The fourth-order valence-electron chi connectivity index (χ4n) is 3.11. The second-order valence-electron chi connectivity index (χ2n) is 7.06. The van der Waals surface area contributed by atoms with Gasteiger partial charge in [-0.15, -0.1) is 0 Å². The van der Waals surface area contributed by atoms with Crippen LogP contribution in [0.25, 0.3) is 0 Å². The number of aliphatic carboxylic acids is 1. The van der Waals surface area contributed by atoms with Gasteiger partial charge in [-0.05, 0) is 69.7 Å². The molecule has 0 radical (unpaired) electrons. The van der Waals surface area contributed by atoms with Crippen LogP contribution in [0.15, 0.2) is 18.2 Å². The number of nitrogens with one attached hydrogen (secondary N) is 2. The molecule has 1 rings (SSSR count). The Kier molecular flexibility index (Phi) is 9.87. The zero-order valence-electron chi connectivity index (χ0n) is 16.2. The molecule has 0 fully saturated rings. The lowest BCUT2D eigenvalue weighted by Crippen LogP contribution is -2.50. The Morgan fingerprint density at radius 3 is 2.38 bits per heavy atom. The SMILES string of the molecule is CNC(CCCCB(O)O)(CCCNCc1ccc(C)c(C)c1)C(=O)O. The van der Waals surface area contributed by atoms with Gasteiger partial charge in [-0.1, -0.05) is 31.0 Å². The maximum absolute atomic E-state index is 11.8. The van der Waals surface area contributed by atoms with Gasteiger partial charge in [0.25, 0.3) is 0 Å². The smallest absolute Gasteiger partial charge is 0.451 e. The Hall–Kier alpha value is -1.41. The molecule has 0 aliphatic rings. The third-order valence-corrected chi connectivity index (χ3v) is 5.06. The minimum atomic E-state index is -1.32. The van der Waals surface area contributed by atoms with Crippen molar-refractivity contribution in [2.75, 3.05) is 13.6 Å². The van der Waals surface area contributed by atoms with Crippen LogP contribution in [0.1, 0.15) is 48.8 Å². The van der Waals surface area contributed by atoms with Crippen LogP contribution in [-0.4, -0.2) is 47.4 Å². The second kappa shape index (κ2) is 11.3. The Morgan fingerprint density at radius 1 is 1.12 bits per heavy atom. The number of carboxylic acid groups (broad SMARTS) is 1. The number of benzene rings is 1. The first kappa shape index (κ1) is 22.6. The largest absolute Gasteiger partial charge is 0.480 e. The first-order chi connectivity index (χ1) is 12.3. The minimum Gasteiger partial charge on any atom is -0.480 e. The predicted molar refractivity (Wildman–Crippen MR) is 105 cm³/mol. The number of unbranched alkanes of at least 4 members (excludes halogenated alkanes) is 1. The summed E-state index contributed by atoms with van der Waals surface area (Å²) in [6, 6.07) is 6.40. The lowest BCUT2D eigenvalue weighted by atomic mass is 9.81. The van der Waals surface area contributed by atoms with E-state index in [0.717, 1.165) is 19.5 Å². The van der Waals surface area contributed by atoms with Gasteiger partial charge in [0.05, 0.1) is 0 Å². The lowest BCUT2D eigenvalue weighted by molar-refractivity contribution is -0.145. The molecule has 0 amide bonds. The highest BCUT2D eigenvalue weighted by molar-refractivity contribution is 6.40. The van der Waals surface area contributed by atoms with Gasteiger partial charge in [0.2, 0.25) is 0 Å². The summed E-state index contributed by atoms with van der Waals surface area (Å²) in [5, 5.41) is 33.8. The highest BCUT2D eigenvalue weighted by atomic mass is 16.4. The standard InChI is InChI=1S/C19H33BN2O4/c1-15-7-8-17(13-16(15)2)14-22-12-6-10-19(21-3,18(23)24)9-4-5-11-20(25)26/h7-8,13,21-22,25-26H,4-6,9-12,14H2,1-3H3,(H,23,24). The van der Waals surface area contributed by atoms with Crippen molar-refractivity contribution in [1.82, 2.24) is 10.6 Å². The van der Waals surface area contributed by atoms with Crippen molar-refractivity contribution >= 4 is 13.1 Å². The van der Waals surface area contributed by atoms with Gasteiger partial charge < -0.3 is 25.8 Å². The molecule has 0 spiro atoms. The van der Waals surface area contributed by atoms with Gasteiger partial charge in [-0.2, -0.15) is 0 Å². The summed E-state index contributed by atoms with van der Waals surface area (Å²) < 4.78 is 0. The van der Waals surface area contributed by atoms with E-state index < -0.39 is 18.6 Å². The molecule has 0 aromatic heterocycles. The summed E-state index contributed by atoms with van der Waals surface area (Å²) in [5.41, 5.74) is 2.83. The van der Waals surface area contributed by atoms with Crippen molar-refractivity contribution in [2.24, 2.45) is 0 Å². The first-order valence-electron chi connectivity index (χ1n) is 9.36. The fourth-order valence-corrected chi connectivity index (χ4v) is 3.11. The van der Waals surface area contributed by atoms with Gasteiger partial charge in [-0.3, -0.25) is 4.79 Å². The Morgan fingerprint density at radius 2 is 1.81 bits per heavy atom. The molecule has 146 valence electrons. The molecule has 0 heterocycles. The maximum Gasteiger partial charge on any atom is 0.451 e. The Labute approximate surface area is 157 Å². The average Bonchev–Trinajstić information content (AvgIpc) is 2.59. The summed E-state index contributed by atoms with van der Waals surface area (Å²) >= 11 is 0. The van der Waals surface area contributed by atoms with E-state index in [1.54, 1.807) is 7.05 Å². The van der Waals surface area contributed by atoms with Crippen molar-refractivity contribution in [2.45, 2.75) is 64.4 Å². The molecule has 0 saturated heterocycles. The molecule has 5 N–H and O–H groups in total. The second-order valence-corrected chi connectivity index (χ2v) is 7.06. The molecule has 1 aromatic rings. The zero-order chi connectivity index (χ0) is 19.6. The quantitative estimate of drug-likeness (QED) is 0.271. The Bertz CT molecular complexity index is 568. The molecule has 1 atom stereocenters. The predicted octanol–water partition coefficient (Wildman–Crippen LogP) is 1.86. The van der Waals surface area contributed by atoms with Crippen LogP contribution < -0.4 is 10.6 Å². The highest BCUT2D eigenvalue weighted by Gasteiger charge is 2.35. The average molecular weight is 364 g/mol. The number of rotatable bonds is 13. The van der Waals surface area contributed by atoms with Crippen LogP contribution in [-0.2, 0) is 11.3 Å². The van der Waals surface area contributed by atoms with E-state index in [1.165, 1.54) is 16.7 Å². The fraction of sp³-hybridized carbons (Fsp3) is 0.632. The maximum atomic E-state index is 11.8. The summed E-state index contributed by atoms with van der Waals surface area (Å²) in [6.45, 7) is 5.72. The number of carboxylic acids is 1. The van der Waals surface area contributed by atoms with Gasteiger partial charge in [0.15, 0.2) is 0 Å². The highest BCUT2D eigenvalue weighted by Crippen LogP contribution is 2.21. The van der Waals surface area contributed by atoms with E-state index >= 15 is 0 Å². The van der Waals surface area contributed by atoms with Crippen molar-refractivity contribution in [3.8, 4) is 0 Å². The molecule has 7 heteroatoms. The molecular formula is C19H33BN2O4. The van der Waals surface area contributed by atoms with Gasteiger partial charge in [-0.25, -0.2) is 0 Å². The van der Waals surface area contributed by atoms with Gasteiger partial charge >= 0.3 is 13.1 Å². The zero-order valence-corrected chi connectivity index (χ0v) is 16.2. The van der Waals surface area contributed by atoms with Crippen molar-refractivity contribution in [3.05, 3.63) is 34.9 Å². The number of aryl methyl sites for hydroxylation is 2. The van der Waals surface area contributed by atoms with E-state index in [9.17, 15) is 9.90 Å². The normalized spacial score (nSPS) is 13.4. The molecule has 6 nitrogen and oxygen atoms in total. The van der Waals surface area contributed by atoms with E-state index in [1.807, 2.05) is 0 Å². The van der Waals surface area contributed by atoms with Crippen LogP contribution in [0, 0.1) is 13.8 Å². The molecule has 1 aromatic carbocycles. The van der Waals surface area contributed by atoms with Crippen LogP contribution in [0.5, 0.6) is 0 Å². The molecule has 0 saturated carbocycles.